The van der Waals surface area contributed by atoms with Crippen LogP contribution in [-0.4, -0.2) is 5.11 Å². The van der Waals surface area contributed by atoms with Gasteiger partial charge in [-0.05, 0) is 36.4 Å². The molecule has 0 radical (unpaired) electrons. The number of H-pyrrole nitrogens is 1. The smallest absolute Gasteiger partial charge is 0.213 e. The lowest BCUT2D eigenvalue weighted by atomic mass is 10.1. The van der Waals surface area contributed by atoms with Gasteiger partial charge in [-0.3, -0.25) is 0 Å². The number of nitrogens with one attached hydrogen (secondary N) is 2. The molecule has 0 bridgehead atoms. The van der Waals surface area contributed by atoms with Crippen LogP contribution in [0.25, 0.3) is 10.9 Å². The highest BCUT2D eigenvalue weighted by Crippen LogP contribution is 2.27. The monoisotopic (exact) mass is 329 g/mol. The predicted octanol–water partition coefficient (Wildman–Crippen LogP) is 4.17. The molecule has 4 heteroatoms. The second kappa shape index (κ2) is 5.13. The topological polar surface area (TPSA) is 46.4 Å². The largest absolute Gasteiger partial charge is 0.508 e. The van der Waals surface area contributed by atoms with Gasteiger partial charge in [-0.15, -0.1) is 0 Å². The van der Waals surface area contributed by atoms with Crippen LogP contribution in [0.4, 0.5) is 11.4 Å². The van der Waals surface area contributed by atoms with E-state index in [0.717, 1.165) is 32.4 Å². The molecular weight excluding hydrogens is 316 g/mol. The molecule has 3 N–H and O–H groups in total. The van der Waals surface area contributed by atoms with Gasteiger partial charge in [0, 0.05) is 29.2 Å². The average molecular weight is 330 g/mol. The third kappa shape index (κ3) is 2.60. The van der Waals surface area contributed by atoms with Crippen LogP contribution >= 0.6 is 15.9 Å². The van der Waals surface area contributed by atoms with Crippen molar-refractivity contribution in [2.24, 2.45) is 0 Å². The number of pyridine rings is 1. The molecule has 0 saturated heterocycles. The van der Waals surface area contributed by atoms with Crippen LogP contribution in [0, 0.1) is 6.92 Å². The van der Waals surface area contributed by atoms with Crippen molar-refractivity contribution < 1.29 is 10.1 Å². The number of aromatic amines is 1. The highest BCUT2D eigenvalue weighted by molar-refractivity contribution is 9.10. The van der Waals surface area contributed by atoms with Crippen molar-refractivity contribution in [3.8, 4) is 5.75 Å². The van der Waals surface area contributed by atoms with E-state index in [1.165, 1.54) is 0 Å². The minimum atomic E-state index is 0.265. The van der Waals surface area contributed by atoms with Crippen LogP contribution in [0.1, 0.15) is 5.69 Å². The van der Waals surface area contributed by atoms with Gasteiger partial charge in [0.25, 0.3) is 0 Å². The molecule has 3 nitrogen and oxygen atoms in total. The van der Waals surface area contributed by atoms with E-state index in [1.54, 1.807) is 12.1 Å². The van der Waals surface area contributed by atoms with Gasteiger partial charge in [0.15, 0.2) is 5.69 Å². The maximum atomic E-state index is 9.34. The molecular formula is C16H14BrN2O+. The highest BCUT2D eigenvalue weighted by Gasteiger charge is 2.10. The Morgan fingerprint density at radius 3 is 2.55 bits per heavy atom. The van der Waals surface area contributed by atoms with E-state index in [-0.39, 0.29) is 5.75 Å². The first kappa shape index (κ1) is 12.9. The van der Waals surface area contributed by atoms with Crippen molar-refractivity contribution in [2.75, 3.05) is 5.32 Å². The van der Waals surface area contributed by atoms with Crippen LogP contribution < -0.4 is 10.3 Å². The van der Waals surface area contributed by atoms with Crippen LogP contribution in [0.15, 0.2) is 53.0 Å². The summed E-state index contributed by atoms with van der Waals surface area (Å²) in [6, 6.07) is 15.3. The van der Waals surface area contributed by atoms with Crippen molar-refractivity contribution in [1.82, 2.24) is 0 Å². The summed E-state index contributed by atoms with van der Waals surface area (Å²) in [5.74, 6) is 0.265. The molecule has 3 rings (SSSR count). The van der Waals surface area contributed by atoms with Gasteiger partial charge in [-0.1, -0.05) is 15.9 Å². The van der Waals surface area contributed by atoms with Crippen LogP contribution in [0.2, 0.25) is 0 Å². The Balaban J connectivity index is 2.10. The van der Waals surface area contributed by atoms with Gasteiger partial charge >= 0.3 is 0 Å². The Kier molecular flexibility index (Phi) is 3.32. The number of halogens is 1. The number of hydrogen-bond acceptors (Lipinski definition) is 2. The third-order valence-electron chi connectivity index (χ3n) is 3.11. The van der Waals surface area contributed by atoms with E-state index in [0.29, 0.717) is 0 Å². The summed E-state index contributed by atoms with van der Waals surface area (Å²) in [6.07, 6.45) is 0. The Labute approximate surface area is 125 Å². The van der Waals surface area contributed by atoms with Crippen molar-refractivity contribution >= 4 is 38.2 Å². The average Bonchev–Trinajstić information content (AvgIpc) is 2.42. The highest BCUT2D eigenvalue weighted by atomic mass is 79.9. The van der Waals surface area contributed by atoms with Gasteiger partial charge < -0.3 is 10.4 Å². The van der Waals surface area contributed by atoms with Crippen LogP contribution in [-0.2, 0) is 0 Å². The Bertz CT molecular complexity index is 769. The molecule has 0 unspecified atom stereocenters. The summed E-state index contributed by atoms with van der Waals surface area (Å²) in [5.41, 5.74) is 4.13. The summed E-state index contributed by atoms with van der Waals surface area (Å²) >= 11 is 3.51. The lowest BCUT2D eigenvalue weighted by Crippen LogP contribution is -2.09. The number of fused-ring (bicyclic) bond motifs is 1. The maximum absolute atomic E-state index is 9.34. The van der Waals surface area contributed by atoms with E-state index in [1.807, 2.05) is 25.1 Å². The number of anilines is 2. The minimum absolute atomic E-state index is 0.265. The predicted molar refractivity (Wildman–Crippen MR) is 84.3 cm³/mol. The number of aryl methyl sites for hydroxylation is 1. The van der Waals surface area contributed by atoms with Crippen LogP contribution in [0.3, 0.4) is 0 Å². The molecule has 0 fully saturated rings. The molecule has 0 saturated carbocycles. The van der Waals surface area contributed by atoms with E-state index in [2.05, 4.69) is 44.4 Å². The quantitative estimate of drug-likeness (QED) is 0.693. The molecule has 0 aliphatic rings. The van der Waals surface area contributed by atoms with E-state index >= 15 is 0 Å². The number of aromatic hydroxyl groups is 1. The van der Waals surface area contributed by atoms with E-state index in [9.17, 15) is 5.11 Å². The lowest BCUT2D eigenvalue weighted by molar-refractivity contribution is -0.354. The summed E-state index contributed by atoms with van der Waals surface area (Å²) in [5, 5.41) is 13.8. The number of hydrogen-bond donors (Lipinski definition) is 2. The second-order valence-corrected chi connectivity index (χ2v) is 5.64. The number of benzene rings is 2. The van der Waals surface area contributed by atoms with E-state index in [4.69, 9.17) is 0 Å². The number of rotatable bonds is 2. The number of aromatic nitrogens is 1. The number of phenolic OH excluding ortho intramolecular Hbond substituents is 1. The van der Waals surface area contributed by atoms with Gasteiger partial charge in [-0.2, -0.15) is 0 Å². The van der Waals surface area contributed by atoms with Crippen LogP contribution in [0.5, 0.6) is 5.75 Å². The fourth-order valence-corrected chi connectivity index (χ4v) is 2.56. The molecule has 0 spiro atoms. The summed E-state index contributed by atoms with van der Waals surface area (Å²) < 4.78 is 1.04. The summed E-state index contributed by atoms with van der Waals surface area (Å²) in [7, 11) is 0. The molecule has 1 aromatic heterocycles. The van der Waals surface area contributed by atoms with Crippen molar-refractivity contribution in [2.45, 2.75) is 6.92 Å². The molecule has 0 amide bonds. The van der Waals surface area contributed by atoms with Gasteiger partial charge in [-0.25, -0.2) is 4.98 Å². The molecule has 100 valence electrons. The first-order chi connectivity index (χ1) is 9.61. The van der Waals surface area contributed by atoms with Gasteiger partial charge in [0.1, 0.15) is 5.75 Å². The molecule has 1 heterocycles. The van der Waals surface area contributed by atoms with E-state index < -0.39 is 0 Å². The maximum Gasteiger partial charge on any atom is 0.213 e. The molecule has 0 aliphatic carbocycles. The zero-order valence-corrected chi connectivity index (χ0v) is 12.5. The standard InChI is InChI=1S/C16H13BrN2O/c1-10-8-16(19-12-3-5-13(20)6-4-12)14-9-11(17)2-7-15(14)18-10/h2-9,20H,1H3,(H,18,19)/p+1. The number of phenols is 1. The Morgan fingerprint density at radius 1 is 1.05 bits per heavy atom. The van der Waals surface area contributed by atoms with Crippen molar-refractivity contribution in [3.63, 3.8) is 0 Å². The Hall–Kier alpha value is -2.07. The minimum Gasteiger partial charge on any atom is -0.508 e. The third-order valence-corrected chi connectivity index (χ3v) is 3.60. The second-order valence-electron chi connectivity index (χ2n) is 4.73. The normalized spacial score (nSPS) is 10.7. The SMILES string of the molecule is Cc1cc(Nc2ccc(O)cc2)c2cc(Br)ccc2[nH+]1. The first-order valence-corrected chi connectivity index (χ1v) is 7.09. The summed E-state index contributed by atoms with van der Waals surface area (Å²) in [4.78, 5) is 3.35. The van der Waals surface area contributed by atoms with Gasteiger partial charge in [0.2, 0.25) is 5.52 Å². The summed E-state index contributed by atoms with van der Waals surface area (Å²) in [6.45, 7) is 2.03. The van der Waals surface area contributed by atoms with Crippen molar-refractivity contribution in [3.05, 3.63) is 58.7 Å². The first-order valence-electron chi connectivity index (χ1n) is 6.30. The zero-order chi connectivity index (χ0) is 14.1. The molecule has 2 aromatic carbocycles. The molecule has 0 atom stereocenters. The Morgan fingerprint density at radius 2 is 1.80 bits per heavy atom. The fraction of sp³-hybridized carbons (Fsp3) is 0.0625. The lowest BCUT2D eigenvalue weighted by Gasteiger charge is -2.08. The molecule has 0 aliphatic heterocycles. The van der Waals surface area contributed by atoms with Crippen molar-refractivity contribution in [1.29, 1.82) is 0 Å². The van der Waals surface area contributed by atoms with Gasteiger partial charge in [0.05, 0.1) is 11.1 Å². The fourth-order valence-electron chi connectivity index (χ4n) is 2.19. The zero-order valence-electron chi connectivity index (χ0n) is 10.9. The molecule has 3 aromatic rings. The molecule has 20 heavy (non-hydrogen) atoms.